The van der Waals surface area contributed by atoms with Crippen LogP contribution in [0.5, 0.6) is 0 Å². The molecule has 0 unspecified atom stereocenters. The minimum absolute atomic E-state index is 0.00839. The van der Waals surface area contributed by atoms with Crippen LogP contribution in [0.3, 0.4) is 0 Å². The lowest BCUT2D eigenvalue weighted by molar-refractivity contribution is -0.142. The van der Waals surface area contributed by atoms with Crippen molar-refractivity contribution in [2.45, 2.75) is 30.7 Å². The Labute approximate surface area is 154 Å². The number of amides is 1. The first-order valence-corrected chi connectivity index (χ1v) is 10.2. The predicted molar refractivity (Wildman–Crippen MR) is 94.1 cm³/mol. The molecule has 1 fully saturated rings. The molecule has 2 aromatic rings. The normalized spacial score (nSPS) is 20.0. The van der Waals surface area contributed by atoms with Gasteiger partial charge < -0.3 is 10.4 Å². The number of hydrogen-bond acceptors (Lipinski definition) is 7. The second kappa shape index (κ2) is 7.25. The number of sulfonamides is 1. The van der Waals surface area contributed by atoms with E-state index in [0.717, 1.165) is 11.7 Å². The molecular formula is C15H18N4O5S2. The first-order chi connectivity index (χ1) is 12.3. The number of hydrogen-bond donors (Lipinski definition) is 2. The molecule has 0 bridgehead atoms. The van der Waals surface area contributed by atoms with Crippen molar-refractivity contribution in [3.8, 4) is 0 Å². The molecule has 0 saturated carbocycles. The molecule has 1 amide bonds. The van der Waals surface area contributed by atoms with Crippen molar-refractivity contribution >= 4 is 44.7 Å². The minimum atomic E-state index is -3.83. The van der Waals surface area contributed by atoms with Gasteiger partial charge in [-0.2, -0.15) is 13.1 Å². The Balaban J connectivity index is 1.81. The highest BCUT2D eigenvalue weighted by molar-refractivity contribution is 7.89. The summed E-state index contributed by atoms with van der Waals surface area (Å²) in [4.78, 5) is 23.2. The zero-order valence-corrected chi connectivity index (χ0v) is 15.6. The van der Waals surface area contributed by atoms with Crippen LogP contribution in [0.15, 0.2) is 23.1 Å². The molecular weight excluding hydrogens is 380 g/mol. The number of carbonyl (C=O) groups excluding carboxylic acids is 1. The quantitative estimate of drug-likeness (QED) is 0.757. The van der Waals surface area contributed by atoms with E-state index >= 15 is 0 Å². The Kier molecular flexibility index (Phi) is 5.21. The van der Waals surface area contributed by atoms with Crippen molar-refractivity contribution in [2.75, 3.05) is 13.1 Å². The van der Waals surface area contributed by atoms with Gasteiger partial charge in [0.15, 0.2) is 0 Å². The molecule has 1 saturated heterocycles. The summed E-state index contributed by atoms with van der Waals surface area (Å²) in [6.45, 7) is 1.68. The number of carboxylic acid groups (broad SMARTS) is 1. The van der Waals surface area contributed by atoms with Crippen LogP contribution >= 0.6 is 11.7 Å². The Morgan fingerprint density at radius 1 is 1.38 bits per heavy atom. The van der Waals surface area contributed by atoms with Crippen molar-refractivity contribution in [2.24, 2.45) is 5.92 Å². The molecule has 140 valence electrons. The average molecular weight is 398 g/mol. The van der Waals surface area contributed by atoms with Gasteiger partial charge >= 0.3 is 5.97 Å². The lowest BCUT2D eigenvalue weighted by atomic mass is 9.98. The Hall–Kier alpha value is -2.11. The topological polar surface area (TPSA) is 130 Å². The summed E-state index contributed by atoms with van der Waals surface area (Å²) in [7, 11) is -3.83. The molecule has 2 atom stereocenters. The van der Waals surface area contributed by atoms with Gasteiger partial charge in [-0.15, -0.1) is 0 Å². The second-order valence-electron chi connectivity index (χ2n) is 6.16. The maximum atomic E-state index is 13.0. The third kappa shape index (κ3) is 3.55. The van der Waals surface area contributed by atoms with Gasteiger partial charge in [0.25, 0.3) is 0 Å². The molecule has 0 aliphatic carbocycles. The second-order valence-corrected chi connectivity index (χ2v) is 8.59. The Bertz CT molecular complexity index is 942. The summed E-state index contributed by atoms with van der Waals surface area (Å²) in [6, 6.07) is 3.76. The molecule has 3 rings (SSSR count). The number of rotatable bonds is 5. The number of fused-ring (bicyclic) bond motifs is 1. The summed E-state index contributed by atoms with van der Waals surface area (Å²) >= 11 is 0.942. The number of piperidine rings is 1. The number of carboxylic acids is 1. The van der Waals surface area contributed by atoms with Crippen LogP contribution in [0, 0.1) is 5.92 Å². The molecule has 11 heteroatoms. The number of carbonyl (C=O) groups is 2. The van der Waals surface area contributed by atoms with E-state index in [2.05, 4.69) is 14.1 Å². The number of aliphatic carboxylic acids is 1. The van der Waals surface area contributed by atoms with E-state index in [1.54, 1.807) is 12.1 Å². The molecule has 1 aromatic carbocycles. The van der Waals surface area contributed by atoms with E-state index in [1.165, 1.54) is 17.3 Å². The van der Waals surface area contributed by atoms with Gasteiger partial charge in [0.1, 0.15) is 22.0 Å². The number of benzene rings is 1. The molecule has 26 heavy (non-hydrogen) atoms. The number of nitrogens with zero attached hydrogens (tertiary/aromatic N) is 3. The third-order valence-corrected chi connectivity index (χ3v) is 6.79. The van der Waals surface area contributed by atoms with E-state index in [0.29, 0.717) is 30.4 Å². The van der Waals surface area contributed by atoms with Crippen LogP contribution in [0.2, 0.25) is 0 Å². The standard InChI is InChI=1S/C15H18N4O5S2/c1-9(15(21)22)16-14(20)10-4-3-7-19(8-10)26(23,24)12-6-2-5-11-13(12)18-25-17-11/h2,5-6,9-10H,3-4,7-8H2,1H3,(H,16,20)(H,21,22)/t9-,10-/m1/s1. The smallest absolute Gasteiger partial charge is 0.325 e. The van der Waals surface area contributed by atoms with E-state index in [-0.39, 0.29) is 11.4 Å². The minimum Gasteiger partial charge on any atom is -0.480 e. The highest BCUT2D eigenvalue weighted by Gasteiger charge is 2.35. The zero-order chi connectivity index (χ0) is 18.9. The van der Waals surface area contributed by atoms with Gasteiger partial charge in [0.2, 0.25) is 15.9 Å². The fourth-order valence-corrected chi connectivity index (χ4v) is 5.17. The van der Waals surface area contributed by atoms with Gasteiger partial charge in [-0.1, -0.05) is 6.07 Å². The highest BCUT2D eigenvalue weighted by Crippen LogP contribution is 2.28. The van der Waals surface area contributed by atoms with E-state index in [9.17, 15) is 18.0 Å². The van der Waals surface area contributed by atoms with E-state index < -0.39 is 33.9 Å². The van der Waals surface area contributed by atoms with Crippen molar-refractivity contribution in [1.82, 2.24) is 18.4 Å². The molecule has 1 aromatic heterocycles. The van der Waals surface area contributed by atoms with Crippen LogP contribution in [0.25, 0.3) is 11.0 Å². The molecule has 2 N–H and O–H groups in total. The lowest BCUT2D eigenvalue weighted by Gasteiger charge is -2.31. The monoisotopic (exact) mass is 398 g/mol. The maximum absolute atomic E-state index is 13.0. The van der Waals surface area contributed by atoms with E-state index in [4.69, 9.17) is 5.11 Å². The van der Waals surface area contributed by atoms with Crippen molar-refractivity contribution in [3.05, 3.63) is 18.2 Å². The zero-order valence-electron chi connectivity index (χ0n) is 14.0. The van der Waals surface area contributed by atoms with Crippen molar-refractivity contribution < 1.29 is 23.1 Å². The molecule has 1 aliphatic rings. The largest absolute Gasteiger partial charge is 0.480 e. The molecule has 2 heterocycles. The lowest BCUT2D eigenvalue weighted by Crippen LogP contribution is -2.48. The first-order valence-electron chi connectivity index (χ1n) is 8.05. The Morgan fingerprint density at radius 3 is 2.88 bits per heavy atom. The van der Waals surface area contributed by atoms with Crippen LogP contribution in [0.1, 0.15) is 19.8 Å². The molecule has 0 spiro atoms. The fourth-order valence-electron chi connectivity index (χ4n) is 2.90. The van der Waals surface area contributed by atoms with Crippen molar-refractivity contribution in [3.63, 3.8) is 0 Å². The molecule has 9 nitrogen and oxygen atoms in total. The van der Waals surface area contributed by atoms with Gasteiger partial charge in [0.05, 0.1) is 17.6 Å². The van der Waals surface area contributed by atoms with Gasteiger partial charge in [-0.05, 0) is 31.9 Å². The summed E-state index contributed by atoms with van der Waals surface area (Å²) in [5.74, 6) is -2.18. The Morgan fingerprint density at radius 2 is 2.15 bits per heavy atom. The molecule has 1 aliphatic heterocycles. The maximum Gasteiger partial charge on any atom is 0.325 e. The van der Waals surface area contributed by atoms with Crippen LogP contribution < -0.4 is 5.32 Å². The predicted octanol–water partition coefficient (Wildman–Crippen LogP) is 0.681. The number of nitrogens with one attached hydrogen (secondary N) is 1. The molecule has 0 radical (unpaired) electrons. The first kappa shape index (κ1) is 18.7. The summed E-state index contributed by atoms with van der Waals surface area (Å²) in [6.07, 6.45) is 1.02. The van der Waals surface area contributed by atoms with E-state index in [1.807, 2.05) is 0 Å². The van der Waals surface area contributed by atoms with Crippen LogP contribution in [-0.4, -0.2) is 57.6 Å². The van der Waals surface area contributed by atoms with Gasteiger partial charge in [0, 0.05) is 13.1 Å². The SMILES string of the molecule is C[C@@H](NC(=O)[C@@H]1CCCN(S(=O)(=O)c2cccc3nsnc23)C1)C(=O)O. The highest BCUT2D eigenvalue weighted by atomic mass is 32.2. The fraction of sp³-hybridized carbons (Fsp3) is 0.467. The number of aromatic nitrogens is 2. The average Bonchev–Trinajstić information content (AvgIpc) is 3.10. The van der Waals surface area contributed by atoms with Crippen molar-refractivity contribution in [1.29, 1.82) is 0 Å². The summed E-state index contributed by atoms with van der Waals surface area (Å²) in [5.41, 5.74) is 0.834. The van der Waals surface area contributed by atoms with Gasteiger partial charge in [-0.3, -0.25) is 9.59 Å². The summed E-state index contributed by atoms with van der Waals surface area (Å²) < 4.78 is 35.5. The summed E-state index contributed by atoms with van der Waals surface area (Å²) in [5, 5.41) is 11.3. The van der Waals surface area contributed by atoms with Crippen LogP contribution in [-0.2, 0) is 19.6 Å². The van der Waals surface area contributed by atoms with Gasteiger partial charge in [-0.25, -0.2) is 8.42 Å². The van der Waals surface area contributed by atoms with Crippen LogP contribution in [0.4, 0.5) is 0 Å². The third-order valence-electron chi connectivity index (χ3n) is 4.35.